The quantitative estimate of drug-likeness (QED) is 0.937. The molecule has 0 spiro atoms. The number of hydrogen-bond acceptors (Lipinski definition) is 3. The molecular weight excluding hydrogens is 305 g/mol. The first kappa shape index (κ1) is 12.4. The molecule has 88 valence electrons. The van der Waals surface area contributed by atoms with Gasteiger partial charge in [0, 0.05) is 10.5 Å². The Bertz CT molecular complexity index is 534. The van der Waals surface area contributed by atoms with Gasteiger partial charge in [0.05, 0.1) is 17.3 Å². The van der Waals surface area contributed by atoms with Crippen molar-refractivity contribution in [2.24, 2.45) is 0 Å². The first-order valence-corrected chi connectivity index (χ1v) is 6.06. The number of halogens is 2. The molecule has 0 aliphatic rings. The van der Waals surface area contributed by atoms with E-state index >= 15 is 0 Å². The summed E-state index contributed by atoms with van der Waals surface area (Å²) >= 11 is 9.34. The van der Waals surface area contributed by atoms with E-state index in [9.17, 15) is 0 Å². The molecule has 0 unspecified atom stereocenters. The molecule has 1 heterocycles. The average molecular weight is 315 g/mol. The summed E-state index contributed by atoms with van der Waals surface area (Å²) in [6.45, 7) is -0.120. The van der Waals surface area contributed by atoms with Crippen LogP contribution < -0.4 is 4.74 Å². The highest BCUT2D eigenvalue weighted by molar-refractivity contribution is 9.10. The SMILES string of the molecule is OCc1cccc(Oc2ccc(Br)cc2Cl)n1. The molecule has 5 heteroatoms. The lowest BCUT2D eigenvalue weighted by molar-refractivity contribution is 0.275. The molecule has 0 atom stereocenters. The molecule has 3 nitrogen and oxygen atoms in total. The van der Waals surface area contributed by atoms with Gasteiger partial charge in [-0.05, 0) is 24.3 Å². The number of aromatic nitrogens is 1. The molecule has 2 rings (SSSR count). The number of aliphatic hydroxyl groups excluding tert-OH is 1. The number of benzene rings is 1. The van der Waals surface area contributed by atoms with Crippen LogP contribution in [0.3, 0.4) is 0 Å². The first-order valence-electron chi connectivity index (χ1n) is 4.89. The van der Waals surface area contributed by atoms with E-state index in [4.69, 9.17) is 21.4 Å². The van der Waals surface area contributed by atoms with Crippen molar-refractivity contribution < 1.29 is 9.84 Å². The van der Waals surface area contributed by atoms with Gasteiger partial charge in [0.25, 0.3) is 0 Å². The molecule has 0 fully saturated rings. The van der Waals surface area contributed by atoms with Crippen molar-refractivity contribution in [2.45, 2.75) is 6.61 Å². The van der Waals surface area contributed by atoms with E-state index in [-0.39, 0.29) is 6.61 Å². The molecule has 0 aliphatic carbocycles. The zero-order chi connectivity index (χ0) is 12.3. The fourth-order valence-corrected chi connectivity index (χ4v) is 1.99. The van der Waals surface area contributed by atoms with Gasteiger partial charge in [0.15, 0.2) is 0 Å². The van der Waals surface area contributed by atoms with Gasteiger partial charge in [-0.25, -0.2) is 4.98 Å². The van der Waals surface area contributed by atoms with Crippen LogP contribution in [0.25, 0.3) is 0 Å². The van der Waals surface area contributed by atoms with Gasteiger partial charge >= 0.3 is 0 Å². The minimum atomic E-state index is -0.120. The van der Waals surface area contributed by atoms with Crippen molar-refractivity contribution in [3.63, 3.8) is 0 Å². The summed E-state index contributed by atoms with van der Waals surface area (Å²) in [5.74, 6) is 0.929. The first-order chi connectivity index (χ1) is 8.19. The molecule has 0 saturated carbocycles. The van der Waals surface area contributed by atoms with Gasteiger partial charge < -0.3 is 9.84 Å². The van der Waals surface area contributed by atoms with Crippen molar-refractivity contribution in [3.05, 3.63) is 51.6 Å². The molecule has 0 radical (unpaired) electrons. The molecule has 1 aromatic heterocycles. The maximum absolute atomic E-state index is 8.97. The predicted molar refractivity (Wildman–Crippen MR) is 69.4 cm³/mol. The smallest absolute Gasteiger partial charge is 0.219 e. The Morgan fingerprint density at radius 1 is 1.29 bits per heavy atom. The van der Waals surface area contributed by atoms with Crippen molar-refractivity contribution in [1.82, 2.24) is 4.98 Å². The van der Waals surface area contributed by atoms with E-state index in [1.165, 1.54) is 0 Å². The lowest BCUT2D eigenvalue weighted by atomic mass is 10.3. The van der Waals surface area contributed by atoms with Crippen LogP contribution in [-0.4, -0.2) is 10.1 Å². The second kappa shape index (κ2) is 5.49. The van der Waals surface area contributed by atoms with Crippen molar-refractivity contribution in [2.75, 3.05) is 0 Å². The number of rotatable bonds is 3. The number of ether oxygens (including phenoxy) is 1. The maximum atomic E-state index is 8.97. The summed E-state index contributed by atoms with van der Waals surface area (Å²) in [5.41, 5.74) is 0.552. The molecule has 0 saturated heterocycles. The largest absolute Gasteiger partial charge is 0.437 e. The van der Waals surface area contributed by atoms with Gasteiger partial charge in [-0.15, -0.1) is 0 Å². The minimum absolute atomic E-state index is 0.120. The zero-order valence-electron chi connectivity index (χ0n) is 8.73. The molecular formula is C12H9BrClNO2. The van der Waals surface area contributed by atoms with E-state index in [0.29, 0.717) is 22.3 Å². The molecule has 1 aromatic carbocycles. The van der Waals surface area contributed by atoms with Crippen LogP contribution in [0.2, 0.25) is 5.02 Å². The number of hydrogen-bond donors (Lipinski definition) is 1. The Labute approximate surface area is 112 Å². The van der Waals surface area contributed by atoms with E-state index in [0.717, 1.165) is 4.47 Å². The van der Waals surface area contributed by atoms with Gasteiger partial charge in [-0.1, -0.05) is 33.6 Å². The Balaban J connectivity index is 2.25. The van der Waals surface area contributed by atoms with Gasteiger partial charge in [-0.2, -0.15) is 0 Å². The second-order valence-corrected chi connectivity index (χ2v) is 4.62. The van der Waals surface area contributed by atoms with Crippen LogP contribution in [0.15, 0.2) is 40.9 Å². The normalized spacial score (nSPS) is 10.3. The summed E-state index contributed by atoms with van der Waals surface area (Å²) in [6.07, 6.45) is 0. The van der Waals surface area contributed by atoms with Crippen molar-refractivity contribution in [1.29, 1.82) is 0 Å². The van der Waals surface area contributed by atoms with Crippen LogP contribution in [-0.2, 0) is 6.61 Å². The summed E-state index contributed by atoms with van der Waals surface area (Å²) in [5, 5.41) is 9.46. The average Bonchev–Trinajstić information content (AvgIpc) is 2.33. The maximum Gasteiger partial charge on any atom is 0.219 e. The summed E-state index contributed by atoms with van der Waals surface area (Å²) < 4.78 is 6.41. The number of nitrogens with zero attached hydrogens (tertiary/aromatic N) is 1. The molecule has 0 amide bonds. The summed E-state index contributed by atoms with van der Waals surface area (Å²) in [7, 11) is 0. The zero-order valence-corrected chi connectivity index (χ0v) is 11.1. The molecule has 0 aliphatic heterocycles. The second-order valence-electron chi connectivity index (χ2n) is 3.30. The minimum Gasteiger partial charge on any atom is -0.437 e. The monoisotopic (exact) mass is 313 g/mol. The standard InChI is InChI=1S/C12H9BrClNO2/c13-8-4-5-11(10(14)6-8)17-12-3-1-2-9(7-16)15-12/h1-6,16H,7H2. The molecule has 0 bridgehead atoms. The van der Waals surface area contributed by atoms with Gasteiger partial charge in [0.2, 0.25) is 5.88 Å². The lowest BCUT2D eigenvalue weighted by Crippen LogP contribution is -1.93. The molecule has 1 N–H and O–H groups in total. The summed E-state index contributed by atoms with van der Waals surface area (Å²) in [4.78, 5) is 4.11. The van der Waals surface area contributed by atoms with Gasteiger partial charge in [0.1, 0.15) is 5.75 Å². The fraction of sp³-hybridized carbons (Fsp3) is 0.0833. The van der Waals surface area contributed by atoms with E-state index < -0.39 is 0 Å². The topological polar surface area (TPSA) is 42.4 Å². The van der Waals surface area contributed by atoms with Crippen LogP contribution in [0, 0.1) is 0 Å². The number of pyridine rings is 1. The number of aliphatic hydroxyl groups is 1. The highest BCUT2D eigenvalue weighted by Gasteiger charge is 2.05. The van der Waals surface area contributed by atoms with E-state index in [1.54, 1.807) is 30.3 Å². The van der Waals surface area contributed by atoms with Crippen LogP contribution in [0.1, 0.15) is 5.69 Å². The van der Waals surface area contributed by atoms with Crippen LogP contribution in [0.5, 0.6) is 11.6 Å². The Morgan fingerprint density at radius 2 is 2.12 bits per heavy atom. The van der Waals surface area contributed by atoms with E-state index in [1.807, 2.05) is 6.07 Å². The third-order valence-electron chi connectivity index (χ3n) is 2.05. The van der Waals surface area contributed by atoms with E-state index in [2.05, 4.69) is 20.9 Å². The highest BCUT2D eigenvalue weighted by atomic mass is 79.9. The highest BCUT2D eigenvalue weighted by Crippen LogP contribution is 2.30. The fourth-order valence-electron chi connectivity index (χ4n) is 1.27. The Hall–Kier alpha value is -1.10. The predicted octanol–water partition coefficient (Wildman–Crippen LogP) is 3.78. The summed E-state index contributed by atoms with van der Waals surface area (Å²) in [6, 6.07) is 10.5. The van der Waals surface area contributed by atoms with Crippen LogP contribution in [0.4, 0.5) is 0 Å². The third kappa shape index (κ3) is 3.19. The Morgan fingerprint density at radius 3 is 2.82 bits per heavy atom. The van der Waals surface area contributed by atoms with Crippen molar-refractivity contribution in [3.8, 4) is 11.6 Å². The lowest BCUT2D eigenvalue weighted by Gasteiger charge is -2.07. The third-order valence-corrected chi connectivity index (χ3v) is 2.84. The van der Waals surface area contributed by atoms with Crippen LogP contribution >= 0.6 is 27.5 Å². The van der Waals surface area contributed by atoms with Gasteiger partial charge in [-0.3, -0.25) is 0 Å². The Kier molecular flexibility index (Phi) is 3.99. The molecule has 2 aromatic rings. The molecule has 17 heavy (non-hydrogen) atoms. The van der Waals surface area contributed by atoms with Crippen molar-refractivity contribution >= 4 is 27.5 Å².